The summed E-state index contributed by atoms with van der Waals surface area (Å²) >= 11 is 12.2. The van der Waals surface area contributed by atoms with Crippen LogP contribution in [-0.2, 0) is 10.2 Å². The zero-order valence-corrected chi connectivity index (χ0v) is 12.2. The second-order valence-corrected chi connectivity index (χ2v) is 5.72. The van der Waals surface area contributed by atoms with E-state index < -0.39 is 0 Å². The lowest BCUT2D eigenvalue weighted by Gasteiger charge is -2.38. The molecule has 18 heavy (non-hydrogen) atoms. The number of nitrogens with one attached hydrogen (secondary N) is 1. The fourth-order valence-electron chi connectivity index (χ4n) is 2.71. The predicted molar refractivity (Wildman–Crippen MR) is 76.7 cm³/mol. The summed E-state index contributed by atoms with van der Waals surface area (Å²) in [4.78, 5) is 0. The van der Waals surface area contributed by atoms with E-state index >= 15 is 0 Å². The molecule has 1 saturated heterocycles. The highest BCUT2D eigenvalue weighted by Gasteiger charge is 2.33. The van der Waals surface area contributed by atoms with Gasteiger partial charge in [0.2, 0.25) is 0 Å². The van der Waals surface area contributed by atoms with E-state index in [0.29, 0.717) is 10.0 Å². The topological polar surface area (TPSA) is 21.3 Å². The molecule has 1 N–H and O–H groups in total. The van der Waals surface area contributed by atoms with Gasteiger partial charge in [0.05, 0.1) is 10.0 Å². The summed E-state index contributed by atoms with van der Waals surface area (Å²) in [6.45, 7) is 2.87. The molecule has 0 spiro atoms. The number of benzene rings is 1. The fraction of sp³-hybridized carbons (Fsp3) is 0.571. The van der Waals surface area contributed by atoms with Crippen LogP contribution >= 0.6 is 23.2 Å². The third kappa shape index (κ3) is 3.00. The first kappa shape index (κ1) is 14.1. The van der Waals surface area contributed by atoms with Crippen molar-refractivity contribution in [2.75, 3.05) is 26.8 Å². The van der Waals surface area contributed by atoms with Crippen LogP contribution in [0.3, 0.4) is 0 Å². The van der Waals surface area contributed by atoms with E-state index in [1.807, 2.05) is 12.1 Å². The molecular formula is C14H19Cl2NO. The minimum absolute atomic E-state index is 0.176. The van der Waals surface area contributed by atoms with E-state index in [1.54, 1.807) is 7.11 Å². The summed E-state index contributed by atoms with van der Waals surface area (Å²) in [5, 5.41) is 4.68. The Morgan fingerprint density at radius 2 is 1.94 bits per heavy atom. The van der Waals surface area contributed by atoms with Crippen molar-refractivity contribution in [2.24, 2.45) is 0 Å². The van der Waals surface area contributed by atoms with Crippen LogP contribution in [-0.4, -0.2) is 26.8 Å². The van der Waals surface area contributed by atoms with E-state index in [0.717, 1.165) is 39.0 Å². The van der Waals surface area contributed by atoms with Crippen molar-refractivity contribution in [3.63, 3.8) is 0 Å². The molecule has 4 heteroatoms. The number of methoxy groups -OCH3 is 1. The minimum atomic E-state index is 0.176. The summed E-state index contributed by atoms with van der Waals surface area (Å²) in [7, 11) is 1.75. The van der Waals surface area contributed by atoms with Crippen LogP contribution in [0.15, 0.2) is 18.2 Å². The lowest BCUT2D eigenvalue weighted by Crippen LogP contribution is -2.40. The van der Waals surface area contributed by atoms with Gasteiger partial charge < -0.3 is 10.1 Å². The van der Waals surface area contributed by atoms with Crippen LogP contribution in [0.25, 0.3) is 0 Å². The van der Waals surface area contributed by atoms with E-state index in [4.69, 9.17) is 27.9 Å². The molecule has 1 aliphatic rings. The molecule has 100 valence electrons. The van der Waals surface area contributed by atoms with Crippen molar-refractivity contribution >= 4 is 23.2 Å². The van der Waals surface area contributed by atoms with Gasteiger partial charge in [-0.25, -0.2) is 0 Å². The standard InChI is InChI=1S/C14H19Cl2NO/c1-18-9-6-14(4-7-17-8-5-14)11-2-3-12(15)13(16)10-11/h2-3,10,17H,4-9H2,1H3. The Kier molecular flexibility index (Phi) is 4.91. The molecule has 0 amide bonds. The smallest absolute Gasteiger partial charge is 0.0595 e. The lowest BCUT2D eigenvalue weighted by molar-refractivity contribution is 0.151. The number of rotatable bonds is 4. The maximum atomic E-state index is 6.15. The number of halogens is 2. The molecule has 1 heterocycles. The third-order valence-corrected chi connectivity index (χ3v) is 4.62. The summed E-state index contributed by atoms with van der Waals surface area (Å²) in [6.07, 6.45) is 3.27. The van der Waals surface area contributed by atoms with E-state index in [9.17, 15) is 0 Å². The maximum Gasteiger partial charge on any atom is 0.0595 e. The Morgan fingerprint density at radius 1 is 1.22 bits per heavy atom. The van der Waals surface area contributed by atoms with Crippen molar-refractivity contribution in [3.8, 4) is 0 Å². The van der Waals surface area contributed by atoms with E-state index in [2.05, 4.69) is 11.4 Å². The largest absolute Gasteiger partial charge is 0.385 e. The molecule has 1 aromatic rings. The van der Waals surface area contributed by atoms with Crippen LogP contribution < -0.4 is 5.32 Å². The van der Waals surface area contributed by atoms with Crippen LogP contribution in [0.2, 0.25) is 10.0 Å². The number of ether oxygens (including phenoxy) is 1. The molecule has 0 atom stereocenters. The van der Waals surface area contributed by atoms with E-state index in [-0.39, 0.29) is 5.41 Å². The Morgan fingerprint density at radius 3 is 2.56 bits per heavy atom. The van der Waals surface area contributed by atoms with Crippen molar-refractivity contribution in [3.05, 3.63) is 33.8 Å². The van der Waals surface area contributed by atoms with E-state index in [1.165, 1.54) is 5.56 Å². The number of hydrogen-bond acceptors (Lipinski definition) is 2. The molecule has 0 saturated carbocycles. The molecular weight excluding hydrogens is 269 g/mol. The normalized spacial score (nSPS) is 18.8. The highest BCUT2D eigenvalue weighted by molar-refractivity contribution is 6.42. The van der Waals surface area contributed by atoms with Gasteiger partial charge in [0, 0.05) is 13.7 Å². The molecule has 0 bridgehead atoms. The highest BCUT2D eigenvalue weighted by atomic mass is 35.5. The fourth-order valence-corrected chi connectivity index (χ4v) is 3.01. The van der Waals surface area contributed by atoms with Gasteiger partial charge in [-0.3, -0.25) is 0 Å². The van der Waals surface area contributed by atoms with Gasteiger partial charge >= 0.3 is 0 Å². The molecule has 0 unspecified atom stereocenters. The van der Waals surface area contributed by atoms with Gasteiger partial charge in [0.1, 0.15) is 0 Å². The van der Waals surface area contributed by atoms with Gasteiger partial charge in [-0.05, 0) is 55.5 Å². The Hall–Kier alpha value is -0.280. The first-order valence-electron chi connectivity index (χ1n) is 6.33. The summed E-state index contributed by atoms with van der Waals surface area (Å²) < 4.78 is 5.27. The highest BCUT2D eigenvalue weighted by Crippen LogP contribution is 2.39. The van der Waals surface area contributed by atoms with Crippen molar-refractivity contribution in [2.45, 2.75) is 24.7 Å². The van der Waals surface area contributed by atoms with Gasteiger partial charge in [-0.15, -0.1) is 0 Å². The zero-order valence-electron chi connectivity index (χ0n) is 10.6. The van der Waals surface area contributed by atoms with Gasteiger partial charge in [-0.2, -0.15) is 0 Å². The molecule has 2 rings (SSSR count). The second-order valence-electron chi connectivity index (χ2n) is 4.90. The molecule has 2 nitrogen and oxygen atoms in total. The molecule has 1 aromatic carbocycles. The Balaban J connectivity index is 2.29. The summed E-state index contributed by atoms with van der Waals surface area (Å²) in [5.41, 5.74) is 1.46. The zero-order chi connectivity index (χ0) is 13.0. The van der Waals surface area contributed by atoms with Crippen molar-refractivity contribution in [1.82, 2.24) is 5.32 Å². The molecule has 1 fully saturated rings. The first-order valence-corrected chi connectivity index (χ1v) is 7.09. The molecule has 1 aliphatic heterocycles. The van der Waals surface area contributed by atoms with Crippen LogP contribution in [0.4, 0.5) is 0 Å². The maximum absolute atomic E-state index is 6.15. The third-order valence-electron chi connectivity index (χ3n) is 3.88. The lowest BCUT2D eigenvalue weighted by atomic mass is 9.71. The minimum Gasteiger partial charge on any atom is -0.385 e. The van der Waals surface area contributed by atoms with Gasteiger partial charge in [0.25, 0.3) is 0 Å². The van der Waals surface area contributed by atoms with Crippen molar-refractivity contribution < 1.29 is 4.74 Å². The van der Waals surface area contributed by atoms with Crippen LogP contribution in [0, 0.1) is 0 Å². The second kappa shape index (κ2) is 6.25. The SMILES string of the molecule is COCCC1(c2ccc(Cl)c(Cl)c2)CCNCC1. The Labute approximate surface area is 119 Å². The average molecular weight is 288 g/mol. The quantitative estimate of drug-likeness (QED) is 0.913. The summed E-state index contributed by atoms with van der Waals surface area (Å²) in [6, 6.07) is 6.02. The average Bonchev–Trinajstić information content (AvgIpc) is 2.40. The molecule has 0 aromatic heterocycles. The van der Waals surface area contributed by atoms with Crippen molar-refractivity contribution in [1.29, 1.82) is 0 Å². The predicted octanol–water partition coefficient (Wildman–Crippen LogP) is 3.65. The molecule has 0 aliphatic carbocycles. The molecule has 0 radical (unpaired) electrons. The first-order chi connectivity index (χ1) is 8.68. The van der Waals surface area contributed by atoms with Gasteiger partial charge in [-0.1, -0.05) is 29.3 Å². The van der Waals surface area contributed by atoms with Crippen LogP contribution in [0.5, 0.6) is 0 Å². The van der Waals surface area contributed by atoms with Gasteiger partial charge in [0.15, 0.2) is 0 Å². The van der Waals surface area contributed by atoms with Crippen LogP contribution in [0.1, 0.15) is 24.8 Å². The summed E-state index contributed by atoms with van der Waals surface area (Å²) in [5.74, 6) is 0. The number of hydrogen-bond donors (Lipinski definition) is 1. The monoisotopic (exact) mass is 287 g/mol. The Bertz CT molecular complexity index is 403. The number of piperidine rings is 1.